The molecule has 0 aromatic heterocycles. The summed E-state index contributed by atoms with van der Waals surface area (Å²) in [5.74, 6) is -0.898. The van der Waals surface area contributed by atoms with Crippen molar-refractivity contribution in [3.63, 3.8) is 0 Å². The summed E-state index contributed by atoms with van der Waals surface area (Å²) >= 11 is 0. The van der Waals surface area contributed by atoms with Gasteiger partial charge in [0, 0.05) is 0 Å². The number of benzene rings is 2. The first-order valence-electron chi connectivity index (χ1n) is 10.0. The van der Waals surface area contributed by atoms with E-state index in [2.05, 4.69) is 12.1 Å². The molecule has 0 radical (unpaired) electrons. The maximum Gasteiger partial charge on any atom is 0.338 e. The Balaban J connectivity index is 1.91. The summed E-state index contributed by atoms with van der Waals surface area (Å²) in [6.07, 6.45) is 5.51. The van der Waals surface area contributed by atoms with Crippen LogP contribution in [0.25, 0.3) is 0 Å². The highest BCUT2D eigenvalue weighted by atomic mass is 16.6. The molecule has 0 spiro atoms. The molecule has 0 saturated heterocycles. The molecule has 154 valence electrons. The van der Waals surface area contributed by atoms with Crippen LogP contribution in [0.4, 0.5) is 0 Å². The molecular weight excluding hydrogens is 364 g/mol. The van der Waals surface area contributed by atoms with Crippen LogP contribution in [0.2, 0.25) is 0 Å². The van der Waals surface area contributed by atoms with Crippen LogP contribution in [-0.2, 0) is 20.7 Å². The molecular formula is C25H30O4. The second-order valence-corrected chi connectivity index (χ2v) is 7.90. The number of hydrogen-bond acceptors (Lipinski definition) is 4. The smallest absolute Gasteiger partial charge is 0.338 e. The van der Waals surface area contributed by atoms with E-state index >= 15 is 0 Å². The van der Waals surface area contributed by atoms with E-state index in [1.807, 2.05) is 51.1 Å². The van der Waals surface area contributed by atoms with Crippen molar-refractivity contribution in [2.45, 2.75) is 52.1 Å². The minimum absolute atomic E-state index is 0.0959. The summed E-state index contributed by atoms with van der Waals surface area (Å²) in [5.41, 5.74) is 1.54. The first-order valence-corrected chi connectivity index (χ1v) is 10.0. The van der Waals surface area contributed by atoms with E-state index in [9.17, 15) is 9.59 Å². The van der Waals surface area contributed by atoms with Crippen LogP contribution in [0.1, 0.15) is 56.0 Å². The molecule has 29 heavy (non-hydrogen) atoms. The fourth-order valence-corrected chi connectivity index (χ4v) is 2.74. The normalized spacial score (nSPS) is 11.8. The number of aryl methyl sites for hydroxylation is 1. The molecule has 4 nitrogen and oxygen atoms in total. The van der Waals surface area contributed by atoms with E-state index in [1.54, 1.807) is 24.3 Å². The third-order valence-corrected chi connectivity index (χ3v) is 4.18. The maximum absolute atomic E-state index is 12.5. The fraction of sp³-hybridized carbons (Fsp3) is 0.360. The highest BCUT2D eigenvalue weighted by molar-refractivity contribution is 5.92. The van der Waals surface area contributed by atoms with Crippen molar-refractivity contribution in [3.8, 4) is 0 Å². The lowest BCUT2D eigenvalue weighted by Gasteiger charge is -2.20. The van der Waals surface area contributed by atoms with Gasteiger partial charge in [0.2, 0.25) is 0 Å². The molecule has 0 saturated carbocycles. The van der Waals surface area contributed by atoms with Crippen LogP contribution in [-0.4, -0.2) is 24.1 Å². The summed E-state index contributed by atoms with van der Waals surface area (Å²) in [4.78, 5) is 24.7. The number of carbonyl (C=O) groups is 2. The van der Waals surface area contributed by atoms with E-state index in [-0.39, 0.29) is 6.61 Å². The topological polar surface area (TPSA) is 52.6 Å². The van der Waals surface area contributed by atoms with Gasteiger partial charge in [-0.25, -0.2) is 9.59 Å². The minimum atomic E-state index is -0.604. The summed E-state index contributed by atoms with van der Waals surface area (Å²) < 4.78 is 10.8. The first kappa shape index (κ1) is 22.4. The van der Waals surface area contributed by atoms with E-state index in [1.165, 1.54) is 5.56 Å². The van der Waals surface area contributed by atoms with Crippen molar-refractivity contribution in [2.24, 2.45) is 0 Å². The summed E-state index contributed by atoms with van der Waals surface area (Å²) in [6, 6.07) is 19.1. The third kappa shape index (κ3) is 8.77. The monoisotopic (exact) mass is 394 g/mol. The molecule has 0 fully saturated rings. The quantitative estimate of drug-likeness (QED) is 0.319. The predicted molar refractivity (Wildman–Crippen MR) is 115 cm³/mol. The number of hydrogen-bond donors (Lipinski definition) is 0. The Morgan fingerprint density at radius 3 is 2.14 bits per heavy atom. The largest absolute Gasteiger partial charge is 0.457 e. The molecule has 0 heterocycles. The standard InChI is InChI=1S/C25H30O4/c1-25(2,3)29-24(27)22(19-28-23(26)21-16-10-6-11-17-21)18-12-5-9-15-20-13-7-4-8-14-20/h4,6-8,10-11,13-14,16-18H,5,9,12,15,19H2,1-3H3/b22-18+. The van der Waals surface area contributed by atoms with Crippen LogP contribution in [0.3, 0.4) is 0 Å². The average molecular weight is 395 g/mol. The molecule has 0 aliphatic heterocycles. The van der Waals surface area contributed by atoms with Gasteiger partial charge < -0.3 is 9.47 Å². The highest BCUT2D eigenvalue weighted by Crippen LogP contribution is 2.14. The lowest BCUT2D eigenvalue weighted by molar-refractivity contribution is -0.150. The van der Waals surface area contributed by atoms with E-state index < -0.39 is 17.5 Å². The van der Waals surface area contributed by atoms with Gasteiger partial charge in [0.1, 0.15) is 12.2 Å². The lowest BCUT2D eigenvalue weighted by atomic mass is 10.1. The van der Waals surface area contributed by atoms with Gasteiger partial charge >= 0.3 is 11.9 Å². The van der Waals surface area contributed by atoms with Crippen molar-refractivity contribution < 1.29 is 19.1 Å². The molecule has 4 heteroatoms. The molecule has 0 N–H and O–H groups in total. The van der Waals surface area contributed by atoms with Crippen molar-refractivity contribution in [1.29, 1.82) is 0 Å². The Morgan fingerprint density at radius 1 is 0.897 bits per heavy atom. The van der Waals surface area contributed by atoms with Crippen LogP contribution in [0.5, 0.6) is 0 Å². The number of rotatable bonds is 9. The first-order chi connectivity index (χ1) is 13.8. The van der Waals surface area contributed by atoms with Crippen LogP contribution in [0, 0.1) is 0 Å². The second kappa shape index (κ2) is 11.2. The molecule has 2 rings (SSSR count). The van der Waals surface area contributed by atoms with Crippen LogP contribution < -0.4 is 0 Å². The Morgan fingerprint density at radius 2 is 1.52 bits per heavy atom. The number of unbranched alkanes of at least 4 members (excludes halogenated alkanes) is 2. The average Bonchev–Trinajstić information content (AvgIpc) is 2.69. The van der Waals surface area contributed by atoms with Crippen molar-refractivity contribution >= 4 is 11.9 Å². The van der Waals surface area contributed by atoms with Crippen molar-refractivity contribution in [3.05, 3.63) is 83.4 Å². The molecule has 0 aliphatic carbocycles. The zero-order valence-electron chi connectivity index (χ0n) is 17.5. The number of esters is 2. The highest BCUT2D eigenvalue weighted by Gasteiger charge is 2.21. The van der Waals surface area contributed by atoms with Gasteiger partial charge in [-0.3, -0.25) is 0 Å². The second-order valence-electron chi connectivity index (χ2n) is 7.90. The number of ether oxygens (including phenoxy) is 2. The molecule has 0 unspecified atom stereocenters. The lowest BCUT2D eigenvalue weighted by Crippen LogP contribution is -2.26. The Hall–Kier alpha value is -2.88. The van der Waals surface area contributed by atoms with Gasteiger partial charge in [-0.1, -0.05) is 54.6 Å². The Labute approximate surface area is 173 Å². The fourth-order valence-electron chi connectivity index (χ4n) is 2.74. The summed E-state index contributed by atoms with van der Waals surface area (Å²) in [7, 11) is 0. The molecule has 0 atom stereocenters. The van der Waals surface area contributed by atoms with Gasteiger partial charge in [0.05, 0.1) is 11.1 Å². The SMILES string of the molecule is CC(C)(C)OC(=O)/C(=C/CCCCc1ccccc1)COC(=O)c1ccccc1. The van der Waals surface area contributed by atoms with Gasteiger partial charge in [-0.05, 0) is 64.2 Å². The summed E-state index contributed by atoms with van der Waals surface area (Å²) in [6.45, 7) is 5.36. The third-order valence-electron chi connectivity index (χ3n) is 4.18. The van der Waals surface area contributed by atoms with E-state index in [0.29, 0.717) is 11.1 Å². The van der Waals surface area contributed by atoms with Gasteiger partial charge in [0.15, 0.2) is 0 Å². The number of carbonyl (C=O) groups excluding carboxylic acids is 2. The molecule has 2 aromatic carbocycles. The molecule has 0 bridgehead atoms. The zero-order valence-corrected chi connectivity index (χ0v) is 17.5. The maximum atomic E-state index is 12.5. The Kier molecular flexibility index (Phi) is 8.66. The molecule has 0 aliphatic rings. The van der Waals surface area contributed by atoms with Gasteiger partial charge in [0.25, 0.3) is 0 Å². The van der Waals surface area contributed by atoms with E-state index in [0.717, 1.165) is 25.7 Å². The van der Waals surface area contributed by atoms with Gasteiger partial charge in [-0.2, -0.15) is 0 Å². The zero-order chi connectivity index (χ0) is 21.1. The number of allylic oxidation sites excluding steroid dienone is 1. The van der Waals surface area contributed by atoms with Crippen molar-refractivity contribution in [1.82, 2.24) is 0 Å². The van der Waals surface area contributed by atoms with Gasteiger partial charge in [-0.15, -0.1) is 0 Å². The predicted octanol–water partition coefficient (Wildman–Crippen LogP) is 5.52. The van der Waals surface area contributed by atoms with E-state index in [4.69, 9.17) is 9.47 Å². The van der Waals surface area contributed by atoms with Crippen molar-refractivity contribution in [2.75, 3.05) is 6.61 Å². The molecule has 2 aromatic rings. The van der Waals surface area contributed by atoms with Crippen LogP contribution >= 0.6 is 0 Å². The Bertz CT molecular complexity index is 802. The summed E-state index contributed by atoms with van der Waals surface area (Å²) in [5, 5.41) is 0. The molecule has 0 amide bonds. The van der Waals surface area contributed by atoms with Crippen LogP contribution in [0.15, 0.2) is 72.3 Å². The minimum Gasteiger partial charge on any atom is -0.457 e.